The van der Waals surface area contributed by atoms with Gasteiger partial charge in [0.25, 0.3) is 0 Å². The molecule has 1 unspecified atom stereocenters. The zero-order valence-corrected chi connectivity index (χ0v) is 25.3. The van der Waals surface area contributed by atoms with E-state index < -0.39 is 13.9 Å². The molecule has 3 nitrogen and oxygen atoms in total. The summed E-state index contributed by atoms with van der Waals surface area (Å²) < 4.78 is 5.70. The van der Waals surface area contributed by atoms with Crippen molar-refractivity contribution in [1.82, 2.24) is 0 Å². The van der Waals surface area contributed by atoms with Crippen molar-refractivity contribution >= 4 is 53.0 Å². The van der Waals surface area contributed by atoms with Gasteiger partial charge < -0.3 is 9.84 Å². The molecule has 5 rings (SSSR count). The van der Waals surface area contributed by atoms with Gasteiger partial charge in [-0.1, -0.05) is 151 Å². The molecule has 208 valence electrons. The van der Waals surface area contributed by atoms with Crippen LogP contribution >= 0.6 is 31.1 Å². The van der Waals surface area contributed by atoms with Gasteiger partial charge in [0.2, 0.25) is 0 Å². The Hall–Kier alpha value is -3.62. The van der Waals surface area contributed by atoms with Crippen LogP contribution in [0.15, 0.2) is 127 Å². The van der Waals surface area contributed by atoms with Crippen molar-refractivity contribution in [3.63, 3.8) is 0 Å². The van der Waals surface area contributed by atoms with Crippen LogP contribution in [0.4, 0.5) is 0 Å². The van der Waals surface area contributed by atoms with Gasteiger partial charge in [0.1, 0.15) is 5.75 Å². The number of rotatable bonds is 8. The van der Waals surface area contributed by atoms with Crippen LogP contribution in [0.3, 0.4) is 0 Å². The van der Waals surface area contributed by atoms with Crippen LogP contribution in [0.25, 0.3) is 0 Å². The third kappa shape index (κ3) is 8.44. The Bertz CT molecular complexity index is 1440. The fourth-order valence-corrected chi connectivity index (χ4v) is 7.24. The van der Waals surface area contributed by atoms with E-state index in [2.05, 4.69) is 110 Å². The molecule has 1 atom stereocenters. The molecule has 5 aromatic carbocycles. The van der Waals surface area contributed by atoms with E-state index in [0.717, 1.165) is 0 Å². The van der Waals surface area contributed by atoms with Crippen molar-refractivity contribution in [1.29, 1.82) is 0 Å². The molecule has 0 saturated carbocycles. The predicted molar refractivity (Wildman–Crippen MR) is 174 cm³/mol. The van der Waals surface area contributed by atoms with E-state index in [9.17, 15) is 4.79 Å². The van der Waals surface area contributed by atoms with Gasteiger partial charge >= 0.3 is 5.97 Å². The fraction of sp³-hybridized carbons (Fsp3) is 0.114. The molecule has 0 aliphatic rings. The number of halogens is 2. The Balaban J connectivity index is 0.000000191. The number of aromatic carboxylic acids is 1. The van der Waals surface area contributed by atoms with Crippen LogP contribution in [0.1, 0.15) is 34.3 Å². The molecule has 0 aliphatic carbocycles. The normalized spacial score (nSPS) is 11.3. The third-order valence-electron chi connectivity index (χ3n) is 6.38. The Labute approximate surface area is 253 Å². The zero-order valence-electron chi connectivity index (χ0n) is 22.9. The van der Waals surface area contributed by atoms with Crippen molar-refractivity contribution in [2.45, 2.75) is 19.8 Å². The highest BCUT2D eigenvalue weighted by Crippen LogP contribution is 2.32. The van der Waals surface area contributed by atoms with Crippen LogP contribution < -0.4 is 20.7 Å². The average molecular weight is 602 g/mol. The summed E-state index contributed by atoms with van der Waals surface area (Å²) in [4.78, 5) is 11.0. The van der Waals surface area contributed by atoms with Crippen LogP contribution in [-0.2, 0) is 0 Å². The number of aryl methyl sites for hydroxylation is 1. The van der Waals surface area contributed by atoms with Gasteiger partial charge in [-0.25, -0.2) is 4.79 Å². The maximum Gasteiger partial charge on any atom is 0.338 e. The van der Waals surface area contributed by atoms with Gasteiger partial charge in [-0.05, 0) is 48.5 Å². The molecule has 0 spiro atoms. The van der Waals surface area contributed by atoms with Gasteiger partial charge in [0.05, 0.1) is 22.2 Å². The molecule has 0 heterocycles. The minimum absolute atomic E-state index is 0.0678. The highest BCUT2D eigenvalue weighted by molar-refractivity contribution is 7.79. The molecule has 5 aromatic rings. The summed E-state index contributed by atoms with van der Waals surface area (Å²) in [5, 5.41) is 13.4. The standard InChI is InChI=1S/C18H15P.C17H16Cl2O3/c1-4-10-16(11-5-1)19(17-12-6-2-7-13-17)18-14-8-3-9-15-18;1-10-4-3-5-12(6-10)11(2)9-22-13-7-14(18)16(17(20)21)15(19)8-13/h1-15H;3-8,11H,9H2,1-2H3,(H,20,21). The second-order valence-electron chi connectivity index (χ2n) is 9.54. The summed E-state index contributed by atoms with van der Waals surface area (Å²) in [7, 11) is -0.446. The largest absolute Gasteiger partial charge is 0.493 e. The van der Waals surface area contributed by atoms with Crippen molar-refractivity contribution in [2.24, 2.45) is 0 Å². The smallest absolute Gasteiger partial charge is 0.338 e. The lowest BCUT2D eigenvalue weighted by molar-refractivity contribution is 0.0697. The summed E-state index contributed by atoms with van der Waals surface area (Å²) in [5.41, 5.74) is 2.27. The monoisotopic (exact) mass is 600 g/mol. The number of hydrogen-bond donors (Lipinski definition) is 1. The number of ether oxygens (including phenoxy) is 1. The second kappa shape index (κ2) is 14.8. The molecule has 0 fully saturated rings. The SMILES string of the molecule is Cc1cccc(C(C)COc2cc(Cl)c(C(=O)O)c(Cl)c2)c1.c1ccc(P(c2ccccc2)c2ccccc2)cc1. The average Bonchev–Trinajstić information content (AvgIpc) is 2.97. The van der Waals surface area contributed by atoms with Crippen LogP contribution in [0.2, 0.25) is 10.0 Å². The van der Waals surface area contributed by atoms with Crippen molar-refractivity contribution in [2.75, 3.05) is 6.61 Å². The van der Waals surface area contributed by atoms with E-state index in [1.807, 2.05) is 19.1 Å². The Kier molecular flexibility index (Phi) is 11.0. The summed E-state index contributed by atoms with van der Waals surface area (Å²) in [6.45, 7) is 4.55. The third-order valence-corrected chi connectivity index (χ3v) is 9.42. The summed E-state index contributed by atoms with van der Waals surface area (Å²) in [6.07, 6.45) is 0. The van der Waals surface area contributed by atoms with Crippen molar-refractivity contribution in [3.8, 4) is 5.75 Å². The van der Waals surface area contributed by atoms with E-state index in [4.69, 9.17) is 33.0 Å². The second-order valence-corrected chi connectivity index (χ2v) is 12.6. The Morgan fingerprint density at radius 1 is 0.732 bits per heavy atom. The molecule has 6 heteroatoms. The number of hydrogen-bond acceptors (Lipinski definition) is 2. The van der Waals surface area contributed by atoms with E-state index in [-0.39, 0.29) is 21.5 Å². The lowest BCUT2D eigenvalue weighted by atomic mass is 10.0. The van der Waals surface area contributed by atoms with Gasteiger partial charge in [-0.2, -0.15) is 0 Å². The minimum Gasteiger partial charge on any atom is -0.493 e. The predicted octanol–water partition coefficient (Wildman–Crippen LogP) is 8.63. The molecule has 0 aliphatic heterocycles. The van der Waals surface area contributed by atoms with E-state index in [0.29, 0.717) is 12.4 Å². The van der Waals surface area contributed by atoms with Gasteiger partial charge in [-0.15, -0.1) is 0 Å². The molecule has 0 bridgehead atoms. The first-order chi connectivity index (χ1) is 19.8. The molecule has 0 amide bonds. The van der Waals surface area contributed by atoms with Gasteiger partial charge in [0, 0.05) is 5.92 Å². The molecule has 0 aromatic heterocycles. The maximum absolute atomic E-state index is 11.0. The summed E-state index contributed by atoms with van der Waals surface area (Å²) >= 11 is 11.9. The lowest BCUT2D eigenvalue weighted by Crippen LogP contribution is -2.20. The maximum atomic E-state index is 11.0. The molecule has 0 saturated heterocycles. The number of benzene rings is 5. The lowest BCUT2D eigenvalue weighted by Gasteiger charge is -2.18. The first-order valence-electron chi connectivity index (χ1n) is 13.2. The van der Waals surface area contributed by atoms with Crippen molar-refractivity contribution in [3.05, 3.63) is 154 Å². The van der Waals surface area contributed by atoms with Crippen LogP contribution in [0, 0.1) is 6.92 Å². The van der Waals surface area contributed by atoms with E-state index >= 15 is 0 Å². The minimum atomic E-state index is -1.16. The molecular formula is C35H31Cl2O3P. The highest BCUT2D eigenvalue weighted by atomic mass is 35.5. The molecule has 41 heavy (non-hydrogen) atoms. The van der Waals surface area contributed by atoms with E-state index in [1.165, 1.54) is 39.2 Å². The summed E-state index contributed by atoms with van der Waals surface area (Å²) in [5.74, 6) is -0.509. The zero-order chi connectivity index (χ0) is 29.2. The number of carboxylic acid groups (broad SMARTS) is 1. The van der Waals surface area contributed by atoms with Crippen LogP contribution in [-0.4, -0.2) is 17.7 Å². The van der Waals surface area contributed by atoms with E-state index in [1.54, 1.807) is 0 Å². The molecule has 1 N–H and O–H groups in total. The highest BCUT2D eigenvalue weighted by Gasteiger charge is 2.17. The topological polar surface area (TPSA) is 46.5 Å². The Morgan fingerprint density at radius 2 is 1.20 bits per heavy atom. The molecule has 0 radical (unpaired) electrons. The number of carboxylic acids is 1. The van der Waals surface area contributed by atoms with Gasteiger partial charge in [-0.3, -0.25) is 0 Å². The van der Waals surface area contributed by atoms with Gasteiger partial charge in [0.15, 0.2) is 0 Å². The first-order valence-corrected chi connectivity index (χ1v) is 15.3. The molecular weight excluding hydrogens is 570 g/mol. The summed E-state index contributed by atoms with van der Waals surface area (Å²) in [6, 6.07) is 43.5. The fourth-order valence-electron chi connectivity index (χ4n) is 4.31. The quantitative estimate of drug-likeness (QED) is 0.181. The van der Waals surface area contributed by atoms with Crippen molar-refractivity contribution < 1.29 is 14.6 Å². The first kappa shape index (κ1) is 30.3. The van der Waals surface area contributed by atoms with Crippen LogP contribution in [0.5, 0.6) is 5.75 Å². The Morgan fingerprint density at radius 3 is 1.61 bits per heavy atom. The number of carbonyl (C=O) groups is 1.